The summed E-state index contributed by atoms with van der Waals surface area (Å²) in [6, 6.07) is 12.9. The van der Waals surface area contributed by atoms with Crippen LogP contribution >= 0.6 is 46.1 Å². The highest BCUT2D eigenvalue weighted by molar-refractivity contribution is 7.14. The van der Waals surface area contributed by atoms with Crippen molar-refractivity contribution < 1.29 is 0 Å². The van der Waals surface area contributed by atoms with Crippen molar-refractivity contribution in [3.05, 3.63) is 62.9 Å². The highest BCUT2D eigenvalue weighted by atomic mass is 35.5. The summed E-state index contributed by atoms with van der Waals surface area (Å²) in [7, 11) is 0. The Balaban J connectivity index is 1.85. The predicted octanol–water partition coefficient (Wildman–Crippen LogP) is 6.51. The summed E-state index contributed by atoms with van der Waals surface area (Å²) >= 11 is 19.5. The van der Waals surface area contributed by atoms with Crippen LogP contribution in [-0.2, 0) is 0 Å². The summed E-state index contributed by atoms with van der Waals surface area (Å²) in [6.07, 6.45) is 0. The van der Waals surface area contributed by atoms with Gasteiger partial charge in [0.15, 0.2) is 5.13 Å². The van der Waals surface area contributed by atoms with E-state index in [1.165, 1.54) is 11.3 Å². The first-order valence-corrected chi connectivity index (χ1v) is 8.06. The Morgan fingerprint density at radius 1 is 0.905 bits per heavy atom. The third-order valence-corrected chi connectivity index (χ3v) is 4.17. The molecule has 3 aromatic rings. The van der Waals surface area contributed by atoms with Gasteiger partial charge in [0.05, 0.1) is 5.69 Å². The van der Waals surface area contributed by atoms with Gasteiger partial charge in [-0.1, -0.05) is 46.9 Å². The number of nitrogens with one attached hydrogen (secondary N) is 1. The molecule has 0 saturated carbocycles. The maximum Gasteiger partial charge on any atom is 0.187 e. The Morgan fingerprint density at radius 2 is 1.67 bits per heavy atom. The summed E-state index contributed by atoms with van der Waals surface area (Å²) in [6.45, 7) is 0. The van der Waals surface area contributed by atoms with E-state index in [-0.39, 0.29) is 0 Å². The zero-order chi connectivity index (χ0) is 14.8. The van der Waals surface area contributed by atoms with Crippen molar-refractivity contribution in [1.29, 1.82) is 0 Å². The molecule has 106 valence electrons. The first kappa shape index (κ1) is 14.7. The average Bonchev–Trinajstić information content (AvgIpc) is 2.86. The van der Waals surface area contributed by atoms with Crippen LogP contribution in [0.15, 0.2) is 47.8 Å². The second-order valence-electron chi connectivity index (χ2n) is 4.33. The van der Waals surface area contributed by atoms with E-state index >= 15 is 0 Å². The highest BCUT2D eigenvalue weighted by Crippen LogP contribution is 2.30. The fraction of sp³-hybridized carbons (Fsp3) is 0. The molecule has 0 radical (unpaired) electrons. The van der Waals surface area contributed by atoms with Gasteiger partial charge in [-0.25, -0.2) is 4.98 Å². The van der Waals surface area contributed by atoms with Crippen LogP contribution < -0.4 is 5.32 Å². The van der Waals surface area contributed by atoms with Gasteiger partial charge in [-0.2, -0.15) is 0 Å². The molecule has 0 aliphatic heterocycles. The van der Waals surface area contributed by atoms with Crippen LogP contribution in [0.3, 0.4) is 0 Å². The van der Waals surface area contributed by atoms with Gasteiger partial charge in [-0.05, 0) is 30.3 Å². The third-order valence-electron chi connectivity index (χ3n) is 2.74. The van der Waals surface area contributed by atoms with Crippen molar-refractivity contribution in [2.45, 2.75) is 0 Å². The number of thiazole rings is 1. The average molecular weight is 356 g/mol. The molecular formula is C15H9Cl3N2S. The molecule has 6 heteroatoms. The second kappa shape index (κ2) is 6.24. The number of hydrogen-bond acceptors (Lipinski definition) is 3. The van der Waals surface area contributed by atoms with Crippen LogP contribution in [0.25, 0.3) is 11.3 Å². The first-order chi connectivity index (χ1) is 10.1. The maximum absolute atomic E-state index is 6.00. The van der Waals surface area contributed by atoms with E-state index in [0.717, 1.165) is 22.1 Å². The molecule has 0 aliphatic rings. The molecule has 1 N–H and O–H groups in total. The van der Waals surface area contributed by atoms with Gasteiger partial charge in [0.25, 0.3) is 0 Å². The molecule has 3 rings (SSSR count). The fourth-order valence-electron chi connectivity index (χ4n) is 1.86. The molecule has 0 bridgehead atoms. The smallest absolute Gasteiger partial charge is 0.187 e. The van der Waals surface area contributed by atoms with Crippen LogP contribution in [0, 0.1) is 0 Å². The molecular weight excluding hydrogens is 347 g/mol. The molecule has 0 amide bonds. The lowest BCUT2D eigenvalue weighted by Gasteiger charge is -2.04. The number of aromatic nitrogens is 1. The van der Waals surface area contributed by atoms with Crippen LogP contribution in [0.2, 0.25) is 15.1 Å². The number of halogens is 3. The minimum Gasteiger partial charge on any atom is -0.331 e. The van der Waals surface area contributed by atoms with Crippen LogP contribution in [-0.4, -0.2) is 4.98 Å². The molecule has 1 heterocycles. The monoisotopic (exact) mass is 354 g/mol. The topological polar surface area (TPSA) is 24.9 Å². The van der Waals surface area contributed by atoms with E-state index in [1.807, 2.05) is 29.6 Å². The van der Waals surface area contributed by atoms with Gasteiger partial charge in [-0.15, -0.1) is 11.3 Å². The van der Waals surface area contributed by atoms with Gasteiger partial charge in [0.1, 0.15) is 0 Å². The van der Waals surface area contributed by atoms with Crippen molar-refractivity contribution >= 4 is 57.0 Å². The van der Waals surface area contributed by atoms with Crippen LogP contribution in [0.5, 0.6) is 0 Å². The number of anilines is 2. The largest absolute Gasteiger partial charge is 0.331 e. The lowest BCUT2D eigenvalue weighted by atomic mass is 10.2. The molecule has 2 aromatic carbocycles. The van der Waals surface area contributed by atoms with Crippen molar-refractivity contribution in [1.82, 2.24) is 4.98 Å². The second-order valence-corrected chi connectivity index (χ2v) is 6.50. The number of benzene rings is 2. The van der Waals surface area contributed by atoms with E-state index < -0.39 is 0 Å². The molecule has 0 unspecified atom stereocenters. The Labute approximate surface area is 141 Å². The number of rotatable bonds is 3. The van der Waals surface area contributed by atoms with Crippen molar-refractivity contribution in [3.8, 4) is 11.3 Å². The summed E-state index contributed by atoms with van der Waals surface area (Å²) < 4.78 is 0. The van der Waals surface area contributed by atoms with Gasteiger partial charge in [-0.3, -0.25) is 0 Å². The molecule has 21 heavy (non-hydrogen) atoms. The van der Waals surface area contributed by atoms with E-state index in [4.69, 9.17) is 34.8 Å². The standard InChI is InChI=1S/C15H9Cl3N2S/c16-10-3-1-2-9(4-10)14-8-21-15(20-14)19-13-6-11(17)5-12(18)7-13/h1-8H,(H,19,20). The summed E-state index contributed by atoms with van der Waals surface area (Å²) in [5, 5.41) is 7.79. The van der Waals surface area contributed by atoms with Crippen LogP contribution in [0.1, 0.15) is 0 Å². The van der Waals surface area contributed by atoms with Crippen molar-refractivity contribution in [2.75, 3.05) is 5.32 Å². The van der Waals surface area contributed by atoms with E-state index in [1.54, 1.807) is 18.2 Å². The summed E-state index contributed by atoms with van der Waals surface area (Å²) in [5.74, 6) is 0. The zero-order valence-electron chi connectivity index (χ0n) is 10.6. The molecule has 0 atom stereocenters. The first-order valence-electron chi connectivity index (χ1n) is 6.05. The molecule has 0 fully saturated rings. The predicted molar refractivity (Wildman–Crippen MR) is 92.3 cm³/mol. The molecule has 0 saturated heterocycles. The quantitative estimate of drug-likeness (QED) is 0.579. The van der Waals surface area contributed by atoms with E-state index in [0.29, 0.717) is 15.1 Å². The lowest BCUT2D eigenvalue weighted by molar-refractivity contribution is 1.38. The van der Waals surface area contributed by atoms with Gasteiger partial charge < -0.3 is 5.32 Å². The Kier molecular flexibility index (Phi) is 4.36. The zero-order valence-corrected chi connectivity index (χ0v) is 13.7. The minimum absolute atomic E-state index is 0.580. The number of hydrogen-bond donors (Lipinski definition) is 1. The molecule has 0 spiro atoms. The van der Waals surface area contributed by atoms with Crippen molar-refractivity contribution in [2.24, 2.45) is 0 Å². The van der Waals surface area contributed by atoms with Gasteiger partial charge in [0.2, 0.25) is 0 Å². The van der Waals surface area contributed by atoms with Gasteiger partial charge in [0, 0.05) is 31.7 Å². The number of nitrogens with zero attached hydrogens (tertiary/aromatic N) is 1. The van der Waals surface area contributed by atoms with E-state index in [2.05, 4.69) is 10.3 Å². The normalized spacial score (nSPS) is 10.6. The van der Waals surface area contributed by atoms with Crippen LogP contribution in [0.4, 0.5) is 10.8 Å². The van der Waals surface area contributed by atoms with Gasteiger partial charge >= 0.3 is 0 Å². The summed E-state index contributed by atoms with van der Waals surface area (Å²) in [5.41, 5.74) is 2.66. The lowest BCUT2D eigenvalue weighted by Crippen LogP contribution is -1.89. The SMILES string of the molecule is Clc1cc(Cl)cc(Nc2nc(-c3cccc(Cl)c3)cs2)c1. The molecule has 1 aromatic heterocycles. The molecule has 0 aliphatic carbocycles. The maximum atomic E-state index is 6.00. The fourth-order valence-corrected chi connectivity index (χ4v) is 3.32. The van der Waals surface area contributed by atoms with Crippen molar-refractivity contribution in [3.63, 3.8) is 0 Å². The van der Waals surface area contributed by atoms with E-state index in [9.17, 15) is 0 Å². The molecule has 2 nitrogen and oxygen atoms in total. The minimum atomic E-state index is 0.580. The summed E-state index contributed by atoms with van der Waals surface area (Å²) in [4.78, 5) is 4.54. The Hall–Kier alpha value is -1.26. The Bertz CT molecular complexity index is 766. The third kappa shape index (κ3) is 3.69. The Morgan fingerprint density at radius 3 is 2.38 bits per heavy atom. The highest BCUT2D eigenvalue weighted by Gasteiger charge is 2.06.